The van der Waals surface area contributed by atoms with Gasteiger partial charge in [-0.05, 0) is 43.0 Å². The van der Waals surface area contributed by atoms with Gasteiger partial charge in [-0.25, -0.2) is 4.39 Å². The smallest absolute Gasteiger partial charge is 0.281 e. The van der Waals surface area contributed by atoms with Crippen LogP contribution in [0.1, 0.15) is 18.4 Å². The molecular weight excluding hydrogens is 305 g/mol. The highest BCUT2D eigenvalue weighted by Gasteiger charge is 2.33. The van der Waals surface area contributed by atoms with Crippen molar-refractivity contribution in [2.75, 3.05) is 38.6 Å². The van der Waals surface area contributed by atoms with Gasteiger partial charge in [-0.2, -0.15) is 17.0 Å². The molecule has 0 aliphatic carbocycles. The highest BCUT2D eigenvalue weighted by Crippen LogP contribution is 2.33. The maximum Gasteiger partial charge on any atom is 0.281 e. The summed E-state index contributed by atoms with van der Waals surface area (Å²) in [6.45, 7) is 1.97. The molecule has 0 atom stereocenters. The average Bonchev–Trinajstić information content (AvgIpc) is 2.90. The lowest BCUT2D eigenvalue weighted by atomic mass is 10.0. The minimum Gasteiger partial charge on any atom is -0.368 e. The summed E-state index contributed by atoms with van der Waals surface area (Å²) < 4.78 is 40.4. The number of anilines is 1. The van der Waals surface area contributed by atoms with E-state index in [4.69, 9.17) is 0 Å². The standard InChI is InChI=1S/C15H22FN3O2S/c1-17(2)22(20,21)18-8-6-14(7-9-18)19-10-5-12-11-13(16)3-4-15(12)19/h3-4,11,14H,5-10H2,1-2H3. The molecule has 2 aliphatic rings. The van der Waals surface area contributed by atoms with Gasteiger partial charge in [0.1, 0.15) is 5.82 Å². The van der Waals surface area contributed by atoms with E-state index in [9.17, 15) is 12.8 Å². The molecule has 0 saturated carbocycles. The van der Waals surface area contributed by atoms with Crippen molar-refractivity contribution in [2.45, 2.75) is 25.3 Å². The summed E-state index contributed by atoms with van der Waals surface area (Å²) in [6.07, 6.45) is 2.48. The molecule has 0 spiro atoms. The number of piperidine rings is 1. The maximum absolute atomic E-state index is 13.3. The minimum absolute atomic E-state index is 0.188. The van der Waals surface area contributed by atoms with Crippen LogP contribution in [0.2, 0.25) is 0 Å². The van der Waals surface area contributed by atoms with Gasteiger partial charge in [0.15, 0.2) is 0 Å². The third-order valence-corrected chi connectivity index (χ3v) is 6.57. The van der Waals surface area contributed by atoms with Gasteiger partial charge in [0.25, 0.3) is 10.2 Å². The van der Waals surface area contributed by atoms with E-state index in [1.165, 1.54) is 10.4 Å². The van der Waals surface area contributed by atoms with Crippen molar-refractivity contribution in [3.05, 3.63) is 29.6 Å². The van der Waals surface area contributed by atoms with Gasteiger partial charge in [0.2, 0.25) is 0 Å². The Bertz CT molecular complexity index is 655. The second kappa shape index (κ2) is 5.79. The number of hydrogen-bond acceptors (Lipinski definition) is 3. The van der Waals surface area contributed by atoms with E-state index < -0.39 is 10.2 Å². The zero-order chi connectivity index (χ0) is 15.9. The summed E-state index contributed by atoms with van der Waals surface area (Å²) in [4.78, 5) is 2.31. The molecule has 1 saturated heterocycles. The van der Waals surface area contributed by atoms with Gasteiger partial charge in [-0.3, -0.25) is 0 Å². The normalized spacial score (nSPS) is 20.6. The van der Waals surface area contributed by atoms with Crippen LogP contribution in [0.4, 0.5) is 10.1 Å². The molecule has 5 nitrogen and oxygen atoms in total. The minimum atomic E-state index is -3.31. The van der Waals surface area contributed by atoms with Crippen LogP contribution in [-0.4, -0.2) is 56.8 Å². The SMILES string of the molecule is CN(C)S(=O)(=O)N1CCC(N2CCc3cc(F)ccc32)CC1. The summed E-state index contributed by atoms with van der Waals surface area (Å²) in [5.41, 5.74) is 2.17. The summed E-state index contributed by atoms with van der Waals surface area (Å²) in [5, 5.41) is 0. The van der Waals surface area contributed by atoms with Crippen LogP contribution < -0.4 is 4.90 Å². The first-order valence-electron chi connectivity index (χ1n) is 7.62. The fraction of sp³-hybridized carbons (Fsp3) is 0.600. The molecule has 122 valence electrons. The van der Waals surface area contributed by atoms with Crippen LogP contribution in [0.25, 0.3) is 0 Å². The van der Waals surface area contributed by atoms with E-state index in [0.717, 1.165) is 37.1 Å². The van der Waals surface area contributed by atoms with Crippen LogP contribution in [0, 0.1) is 5.82 Å². The first kappa shape index (κ1) is 15.7. The topological polar surface area (TPSA) is 43.9 Å². The molecule has 0 N–H and O–H groups in total. The number of fused-ring (bicyclic) bond motifs is 1. The lowest BCUT2D eigenvalue weighted by molar-refractivity contribution is 0.296. The number of nitrogens with zero attached hydrogens (tertiary/aromatic N) is 3. The van der Waals surface area contributed by atoms with Crippen LogP contribution >= 0.6 is 0 Å². The molecule has 1 fully saturated rings. The Labute approximate surface area is 131 Å². The van der Waals surface area contributed by atoms with Gasteiger partial charge in [-0.1, -0.05) is 0 Å². The highest BCUT2D eigenvalue weighted by molar-refractivity contribution is 7.86. The van der Waals surface area contributed by atoms with E-state index >= 15 is 0 Å². The van der Waals surface area contributed by atoms with Crippen molar-refractivity contribution in [3.63, 3.8) is 0 Å². The van der Waals surface area contributed by atoms with Gasteiger partial charge >= 0.3 is 0 Å². The van der Waals surface area contributed by atoms with Crippen molar-refractivity contribution < 1.29 is 12.8 Å². The monoisotopic (exact) mass is 327 g/mol. The second-order valence-corrected chi connectivity index (χ2v) is 8.28. The highest BCUT2D eigenvalue weighted by atomic mass is 32.2. The Hall–Kier alpha value is -1.18. The fourth-order valence-corrected chi connectivity index (χ4v) is 4.52. The molecule has 22 heavy (non-hydrogen) atoms. The van der Waals surface area contributed by atoms with Gasteiger partial charge in [0, 0.05) is 45.5 Å². The quantitative estimate of drug-likeness (QED) is 0.844. The summed E-state index contributed by atoms with van der Waals surface area (Å²) >= 11 is 0. The number of rotatable bonds is 3. The number of hydrogen-bond donors (Lipinski definition) is 0. The molecule has 0 bridgehead atoms. The van der Waals surface area contributed by atoms with E-state index in [1.54, 1.807) is 24.5 Å². The van der Waals surface area contributed by atoms with E-state index in [2.05, 4.69) is 4.90 Å². The van der Waals surface area contributed by atoms with Gasteiger partial charge < -0.3 is 4.90 Å². The number of benzene rings is 1. The molecule has 0 unspecified atom stereocenters. The zero-order valence-electron chi connectivity index (χ0n) is 13.0. The first-order valence-corrected chi connectivity index (χ1v) is 9.02. The van der Waals surface area contributed by atoms with E-state index in [-0.39, 0.29) is 5.82 Å². The molecular formula is C15H22FN3O2S. The fourth-order valence-electron chi connectivity index (χ4n) is 3.39. The predicted octanol–water partition coefficient (Wildman–Crippen LogP) is 1.46. The third-order valence-electron chi connectivity index (χ3n) is 4.62. The third kappa shape index (κ3) is 2.73. The summed E-state index contributed by atoms with van der Waals surface area (Å²) in [7, 11) is -0.190. The largest absolute Gasteiger partial charge is 0.368 e. The second-order valence-electron chi connectivity index (χ2n) is 6.14. The molecule has 3 rings (SSSR count). The average molecular weight is 327 g/mol. The van der Waals surface area contributed by atoms with Crippen molar-refractivity contribution in [2.24, 2.45) is 0 Å². The van der Waals surface area contributed by atoms with Crippen LogP contribution in [0.15, 0.2) is 18.2 Å². The van der Waals surface area contributed by atoms with Crippen molar-refractivity contribution in [3.8, 4) is 0 Å². The Morgan fingerprint density at radius 1 is 1.18 bits per heavy atom. The van der Waals surface area contributed by atoms with E-state index in [0.29, 0.717) is 19.1 Å². The Kier molecular flexibility index (Phi) is 4.13. The molecule has 1 aromatic carbocycles. The Morgan fingerprint density at radius 3 is 2.50 bits per heavy atom. The Morgan fingerprint density at radius 2 is 1.86 bits per heavy atom. The lowest BCUT2D eigenvalue weighted by Crippen LogP contribution is -2.49. The summed E-state index contributed by atoms with van der Waals surface area (Å²) in [6, 6.07) is 5.30. The number of halogens is 1. The van der Waals surface area contributed by atoms with Crippen molar-refractivity contribution in [1.82, 2.24) is 8.61 Å². The van der Waals surface area contributed by atoms with Crippen LogP contribution in [0.3, 0.4) is 0 Å². The molecule has 1 aromatic rings. The van der Waals surface area contributed by atoms with Crippen molar-refractivity contribution in [1.29, 1.82) is 0 Å². The van der Waals surface area contributed by atoms with Gasteiger partial charge in [0.05, 0.1) is 0 Å². The summed E-state index contributed by atoms with van der Waals surface area (Å²) in [5.74, 6) is -0.188. The van der Waals surface area contributed by atoms with Crippen molar-refractivity contribution >= 4 is 15.9 Å². The van der Waals surface area contributed by atoms with Crippen LogP contribution in [0.5, 0.6) is 0 Å². The first-order chi connectivity index (χ1) is 10.4. The van der Waals surface area contributed by atoms with Gasteiger partial charge in [-0.15, -0.1) is 0 Å². The lowest BCUT2D eigenvalue weighted by Gasteiger charge is -2.38. The molecule has 7 heteroatoms. The van der Waals surface area contributed by atoms with E-state index in [1.807, 2.05) is 6.07 Å². The zero-order valence-corrected chi connectivity index (χ0v) is 13.8. The molecule has 2 aliphatic heterocycles. The molecule has 0 radical (unpaired) electrons. The predicted molar refractivity (Wildman–Crippen MR) is 84.7 cm³/mol. The maximum atomic E-state index is 13.3. The molecule has 0 amide bonds. The molecule has 2 heterocycles. The van der Waals surface area contributed by atoms with Crippen LogP contribution in [-0.2, 0) is 16.6 Å². The Balaban J connectivity index is 1.69. The molecule has 0 aromatic heterocycles.